The molecule has 0 aromatic heterocycles. The van der Waals surface area contributed by atoms with Crippen LogP contribution in [0.5, 0.6) is 0 Å². The third-order valence-corrected chi connectivity index (χ3v) is 6.99. The van der Waals surface area contributed by atoms with Gasteiger partial charge in [0.1, 0.15) is 5.82 Å². The fourth-order valence-corrected chi connectivity index (χ4v) is 5.52. The molecule has 2 aromatic carbocycles. The van der Waals surface area contributed by atoms with Gasteiger partial charge >= 0.3 is 0 Å². The number of sulfonamides is 1. The van der Waals surface area contributed by atoms with Gasteiger partial charge in [-0.25, -0.2) is 12.8 Å². The second kappa shape index (κ2) is 7.78. The van der Waals surface area contributed by atoms with E-state index >= 15 is 0 Å². The molecule has 1 heterocycles. The predicted octanol–water partition coefficient (Wildman–Crippen LogP) is 3.29. The van der Waals surface area contributed by atoms with E-state index in [0.29, 0.717) is 19.3 Å². The van der Waals surface area contributed by atoms with Crippen molar-refractivity contribution < 1.29 is 17.6 Å². The van der Waals surface area contributed by atoms with Crippen LogP contribution in [0.3, 0.4) is 0 Å². The van der Waals surface area contributed by atoms with Gasteiger partial charge in [0.15, 0.2) is 0 Å². The summed E-state index contributed by atoms with van der Waals surface area (Å²) >= 11 is 0. The Bertz CT molecular complexity index is 911. The standard InChI is InChI=1S/C20H23FN2O3S/c1-14-2-10-18(11-3-14)27(25,26)23-17(9-13-20(22)24)8-12-19(23)15-4-6-16(21)7-5-15/h2-7,10-11,17,19H,8-9,12-13H2,1H3,(H2,22,24)/t17-,19+/m1/s1. The van der Waals surface area contributed by atoms with Gasteiger partial charge in [-0.2, -0.15) is 4.31 Å². The molecule has 1 aliphatic rings. The van der Waals surface area contributed by atoms with Gasteiger partial charge < -0.3 is 5.73 Å². The maximum Gasteiger partial charge on any atom is 0.243 e. The molecule has 144 valence electrons. The van der Waals surface area contributed by atoms with Gasteiger partial charge in [-0.05, 0) is 56.0 Å². The number of hydrogen-bond acceptors (Lipinski definition) is 3. The van der Waals surface area contributed by atoms with Gasteiger partial charge in [0, 0.05) is 12.5 Å². The van der Waals surface area contributed by atoms with Crippen LogP contribution in [0.4, 0.5) is 4.39 Å². The van der Waals surface area contributed by atoms with Crippen LogP contribution in [0.1, 0.15) is 42.9 Å². The molecular formula is C20H23FN2O3S. The first-order valence-electron chi connectivity index (χ1n) is 8.93. The Morgan fingerprint density at radius 3 is 2.33 bits per heavy atom. The largest absolute Gasteiger partial charge is 0.370 e. The first-order chi connectivity index (χ1) is 12.8. The fraction of sp³-hybridized carbons (Fsp3) is 0.350. The molecule has 3 rings (SSSR count). The van der Waals surface area contributed by atoms with E-state index in [1.54, 1.807) is 36.4 Å². The number of benzene rings is 2. The molecule has 2 aromatic rings. The lowest BCUT2D eigenvalue weighted by Gasteiger charge is -2.30. The van der Waals surface area contributed by atoms with Gasteiger partial charge in [0.25, 0.3) is 0 Å². The van der Waals surface area contributed by atoms with Crippen LogP contribution < -0.4 is 5.73 Å². The van der Waals surface area contributed by atoms with E-state index in [1.807, 2.05) is 6.92 Å². The van der Waals surface area contributed by atoms with E-state index in [1.165, 1.54) is 16.4 Å². The molecule has 2 N–H and O–H groups in total. The molecule has 0 unspecified atom stereocenters. The molecule has 1 fully saturated rings. The average molecular weight is 390 g/mol. The smallest absolute Gasteiger partial charge is 0.243 e. The summed E-state index contributed by atoms with van der Waals surface area (Å²) in [7, 11) is -3.77. The number of hydrogen-bond donors (Lipinski definition) is 1. The molecule has 0 aliphatic carbocycles. The molecule has 0 radical (unpaired) electrons. The minimum atomic E-state index is -3.77. The highest BCUT2D eigenvalue weighted by Gasteiger charge is 2.42. The van der Waals surface area contributed by atoms with E-state index in [-0.39, 0.29) is 23.2 Å². The Balaban J connectivity index is 2.00. The molecule has 27 heavy (non-hydrogen) atoms. The van der Waals surface area contributed by atoms with E-state index in [4.69, 9.17) is 5.73 Å². The minimum absolute atomic E-state index is 0.126. The van der Waals surface area contributed by atoms with Crippen molar-refractivity contribution in [2.24, 2.45) is 5.73 Å². The first kappa shape index (κ1) is 19.5. The monoisotopic (exact) mass is 390 g/mol. The van der Waals surface area contributed by atoms with Crippen LogP contribution in [-0.2, 0) is 14.8 Å². The number of carbonyl (C=O) groups is 1. The first-order valence-corrected chi connectivity index (χ1v) is 10.4. The van der Waals surface area contributed by atoms with Gasteiger partial charge in [-0.1, -0.05) is 29.8 Å². The predicted molar refractivity (Wildman–Crippen MR) is 101 cm³/mol. The molecule has 0 saturated carbocycles. The zero-order valence-electron chi connectivity index (χ0n) is 15.1. The van der Waals surface area contributed by atoms with E-state index in [2.05, 4.69) is 0 Å². The summed E-state index contributed by atoms with van der Waals surface area (Å²) in [6.45, 7) is 1.89. The topological polar surface area (TPSA) is 80.5 Å². The maximum absolute atomic E-state index is 13.4. The summed E-state index contributed by atoms with van der Waals surface area (Å²) < 4.78 is 41.6. The summed E-state index contributed by atoms with van der Waals surface area (Å²) in [5, 5.41) is 0. The molecule has 1 saturated heterocycles. The highest BCUT2D eigenvalue weighted by atomic mass is 32.2. The van der Waals surface area contributed by atoms with Crippen LogP contribution in [-0.4, -0.2) is 24.7 Å². The zero-order valence-corrected chi connectivity index (χ0v) is 16.0. The van der Waals surface area contributed by atoms with Crippen molar-refractivity contribution in [1.82, 2.24) is 4.31 Å². The number of nitrogens with two attached hydrogens (primary N) is 1. The number of aryl methyl sites for hydroxylation is 1. The van der Waals surface area contributed by atoms with Gasteiger partial charge in [-0.3, -0.25) is 4.79 Å². The molecule has 1 aliphatic heterocycles. The van der Waals surface area contributed by atoms with Gasteiger partial charge in [0.2, 0.25) is 15.9 Å². The van der Waals surface area contributed by atoms with E-state index in [9.17, 15) is 17.6 Å². The Morgan fingerprint density at radius 1 is 1.11 bits per heavy atom. The molecule has 0 spiro atoms. The lowest BCUT2D eigenvalue weighted by molar-refractivity contribution is -0.118. The van der Waals surface area contributed by atoms with Crippen molar-refractivity contribution in [1.29, 1.82) is 0 Å². The number of halogens is 1. The van der Waals surface area contributed by atoms with E-state index in [0.717, 1.165) is 11.1 Å². The molecule has 5 nitrogen and oxygen atoms in total. The van der Waals surface area contributed by atoms with Crippen molar-refractivity contribution in [3.05, 3.63) is 65.5 Å². The highest BCUT2D eigenvalue weighted by molar-refractivity contribution is 7.89. The van der Waals surface area contributed by atoms with Gasteiger partial charge in [-0.15, -0.1) is 0 Å². The third kappa shape index (κ3) is 4.20. The van der Waals surface area contributed by atoms with E-state index < -0.39 is 22.0 Å². The van der Waals surface area contributed by atoms with Gasteiger partial charge in [0.05, 0.1) is 10.9 Å². The quantitative estimate of drug-likeness (QED) is 0.822. The highest BCUT2D eigenvalue weighted by Crippen LogP contribution is 2.42. The van der Waals surface area contributed by atoms with Crippen LogP contribution in [0.2, 0.25) is 0 Å². The lowest BCUT2D eigenvalue weighted by atomic mass is 10.0. The number of primary amides is 1. The molecular weight excluding hydrogens is 367 g/mol. The summed E-state index contributed by atoms with van der Waals surface area (Å²) in [5.74, 6) is -0.817. The molecule has 0 bridgehead atoms. The van der Waals surface area contributed by atoms with Crippen LogP contribution in [0.15, 0.2) is 53.4 Å². The third-order valence-electron chi connectivity index (χ3n) is 5.02. The summed E-state index contributed by atoms with van der Waals surface area (Å²) in [6, 6.07) is 11.9. The molecule has 1 amide bonds. The summed E-state index contributed by atoms with van der Waals surface area (Å²) in [5.41, 5.74) is 6.98. The second-order valence-electron chi connectivity index (χ2n) is 6.95. The zero-order chi connectivity index (χ0) is 19.6. The normalized spacial score (nSPS) is 20.7. The number of amides is 1. The van der Waals surface area contributed by atoms with Crippen LogP contribution in [0.25, 0.3) is 0 Å². The Labute approximate surface area is 159 Å². The van der Waals surface area contributed by atoms with Crippen molar-refractivity contribution in [2.45, 2.75) is 49.6 Å². The van der Waals surface area contributed by atoms with Crippen molar-refractivity contribution >= 4 is 15.9 Å². The molecule has 7 heteroatoms. The minimum Gasteiger partial charge on any atom is -0.370 e. The van der Waals surface area contributed by atoms with Crippen molar-refractivity contribution in [3.63, 3.8) is 0 Å². The number of nitrogens with zero attached hydrogens (tertiary/aromatic N) is 1. The Hall–Kier alpha value is -2.25. The number of carbonyl (C=O) groups excluding carboxylic acids is 1. The fourth-order valence-electron chi connectivity index (χ4n) is 3.63. The summed E-state index contributed by atoms with van der Waals surface area (Å²) in [4.78, 5) is 11.4. The van der Waals surface area contributed by atoms with Crippen LogP contribution in [0, 0.1) is 12.7 Å². The Kier molecular flexibility index (Phi) is 5.62. The second-order valence-corrected chi connectivity index (χ2v) is 8.79. The SMILES string of the molecule is Cc1ccc(S(=O)(=O)N2[C@@H](CCC(N)=O)CC[C@H]2c2ccc(F)cc2)cc1. The van der Waals surface area contributed by atoms with Crippen molar-refractivity contribution in [2.75, 3.05) is 0 Å². The molecule has 2 atom stereocenters. The Morgan fingerprint density at radius 2 is 1.74 bits per heavy atom. The van der Waals surface area contributed by atoms with Crippen molar-refractivity contribution in [3.8, 4) is 0 Å². The summed E-state index contributed by atoms with van der Waals surface area (Å²) in [6.07, 6.45) is 1.74. The maximum atomic E-state index is 13.4. The average Bonchev–Trinajstić information content (AvgIpc) is 3.06. The number of rotatable bonds is 6. The lowest BCUT2D eigenvalue weighted by Crippen LogP contribution is -2.38. The van der Waals surface area contributed by atoms with Crippen LogP contribution >= 0.6 is 0 Å².